The lowest BCUT2D eigenvalue weighted by Gasteiger charge is -2.32. The molecule has 0 bridgehead atoms. The Morgan fingerprint density at radius 1 is 1.18 bits per heavy atom. The Morgan fingerprint density at radius 2 is 1.85 bits per heavy atom. The molecule has 1 aliphatic heterocycles. The van der Waals surface area contributed by atoms with Crippen LogP contribution in [0.3, 0.4) is 0 Å². The molecule has 0 atom stereocenters. The molecule has 0 spiro atoms. The smallest absolute Gasteiger partial charge is 0.415 e. The van der Waals surface area contributed by atoms with Gasteiger partial charge in [-0.15, -0.1) is 0 Å². The SMILES string of the molecule is Cc1ccc(CC2CCN(c3ncnc(Oc4cc(C(F)(F)F)nn4C)c3[N+](=O)[O-])CC2)cc1. The van der Waals surface area contributed by atoms with E-state index in [1.54, 1.807) is 4.90 Å². The molecular formula is C22H23F3N6O3. The van der Waals surface area contributed by atoms with E-state index >= 15 is 0 Å². The van der Waals surface area contributed by atoms with Crippen molar-refractivity contribution in [2.24, 2.45) is 13.0 Å². The van der Waals surface area contributed by atoms with E-state index in [4.69, 9.17) is 4.74 Å². The van der Waals surface area contributed by atoms with Crippen molar-refractivity contribution in [2.45, 2.75) is 32.4 Å². The van der Waals surface area contributed by atoms with Crippen molar-refractivity contribution in [2.75, 3.05) is 18.0 Å². The van der Waals surface area contributed by atoms with Crippen LogP contribution in [0.15, 0.2) is 36.7 Å². The van der Waals surface area contributed by atoms with Gasteiger partial charge in [-0.25, -0.2) is 9.67 Å². The normalized spacial score (nSPS) is 14.9. The summed E-state index contributed by atoms with van der Waals surface area (Å²) < 4.78 is 45.1. The maximum atomic E-state index is 12.9. The lowest BCUT2D eigenvalue weighted by atomic mass is 9.90. The minimum Gasteiger partial charge on any atom is -0.415 e. The number of aromatic nitrogens is 4. The van der Waals surface area contributed by atoms with Gasteiger partial charge in [0, 0.05) is 26.2 Å². The Hall–Kier alpha value is -3.70. The van der Waals surface area contributed by atoms with Crippen LogP contribution >= 0.6 is 0 Å². The van der Waals surface area contributed by atoms with Gasteiger partial charge in [-0.3, -0.25) is 10.1 Å². The van der Waals surface area contributed by atoms with E-state index in [9.17, 15) is 23.3 Å². The fourth-order valence-corrected chi connectivity index (χ4v) is 4.01. The third kappa shape index (κ3) is 5.10. The first-order chi connectivity index (χ1) is 16.1. The highest BCUT2D eigenvalue weighted by atomic mass is 19.4. The topological polar surface area (TPSA) is 99.2 Å². The molecule has 9 nitrogen and oxygen atoms in total. The number of nitrogens with zero attached hydrogens (tertiary/aromatic N) is 6. The van der Waals surface area contributed by atoms with E-state index in [1.165, 1.54) is 18.2 Å². The third-order valence-electron chi connectivity index (χ3n) is 5.84. The zero-order valence-electron chi connectivity index (χ0n) is 18.6. The van der Waals surface area contributed by atoms with Gasteiger partial charge in [0.25, 0.3) is 0 Å². The number of ether oxygens (including phenoxy) is 1. The fourth-order valence-electron chi connectivity index (χ4n) is 4.01. The minimum atomic E-state index is -4.68. The second-order valence-electron chi connectivity index (χ2n) is 8.32. The quantitative estimate of drug-likeness (QED) is 0.376. The van der Waals surface area contributed by atoms with Crippen molar-refractivity contribution in [1.29, 1.82) is 0 Å². The Kier molecular flexibility index (Phi) is 6.40. The van der Waals surface area contributed by atoms with Gasteiger partial charge in [-0.05, 0) is 37.7 Å². The molecule has 180 valence electrons. The molecule has 1 aliphatic rings. The van der Waals surface area contributed by atoms with Crippen LogP contribution in [0.1, 0.15) is 29.7 Å². The molecule has 34 heavy (non-hydrogen) atoms. The summed E-state index contributed by atoms with van der Waals surface area (Å²) in [5.41, 5.74) is 0.794. The first kappa shape index (κ1) is 23.5. The molecule has 0 unspecified atom stereocenters. The molecule has 1 aromatic carbocycles. The summed E-state index contributed by atoms with van der Waals surface area (Å²) in [6.07, 6.45) is -0.998. The van der Waals surface area contributed by atoms with Crippen LogP contribution in [0, 0.1) is 23.0 Å². The Labute approximate surface area is 193 Å². The number of hydrogen-bond acceptors (Lipinski definition) is 7. The lowest BCUT2D eigenvalue weighted by Crippen LogP contribution is -2.35. The molecule has 4 rings (SSSR count). The average molecular weight is 476 g/mol. The number of halogens is 3. The van der Waals surface area contributed by atoms with E-state index < -0.39 is 28.4 Å². The number of nitro groups is 1. The second-order valence-corrected chi connectivity index (χ2v) is 8.32. The molecule has 0 N–H and O–H groups in total. The first-order valence-corrected chi connectivity index (χ1v) is 10.7. The zero-order chi connectivity index (χ0) is 24.5. The predicted molar refractivity (Wildman–Crippen MR) is 117 cm³/mol. The highest BCUT2D eigenvalue weighted by molar-refractivity contribution is 5.63. The summed E-state index contributed by atoms with van der Waals surface area (Å²) in [6.45, 7) is 3.15. The van der Waals surface area contributed by atoms with Crippen molar-refractivity contribution >= 4 is 11.5 Å². The summed E-state index contributed by atoms with van der Waals surface area (Å²) in [7, 11) is 1.25. The standard InChI is InChI=1S/C22H23F3N6O3/c1-14-3-5-15(6-4-14)11-16-7-9-30(10-8-16)20-19(31(32)33)21(27-13-26-20)34-18-12-17(22(23,24)25)28-29(18)2/h3-6,12-13,16H,7-11H2,1-2H3. The van der Waals surface area contributed by atoms with Gasteiger partial charge < -0.3 is 9.64 Å². The van der Waals surface area contributed by atoms with E-state index in [-0.39, 0.29) is 11.7 Å². The Bertz CT molecular complexity index is 1170. The van der Waals surface area contributed by atoms with Crippen molar-refractivity contribution < 1.29 is 22.8 Å². The van der Waals surface area contributed by atoms with Gasteiger partial charge in [-0.1, -0.05) is 29.8 Å². The monoisotopic (exact) mass is 476 g/mol. The second kappa shape index (κ2) is 9.27. The number of anilines is 1. The van der Waals surface area contributed by atoms with Gasteiger partial charge in [0.2, 0.25) is 11.7 Å². The van der Waals surface area contributed by atoms with Gasteiger partial charge in [0.1, 0.15) is 6.33 Å². The largest absolute Gasteiger partial charge is 0.435 e. The molecule has 0 amide bonds. The summed E-state index contributed by atoms with van der Waals surface area (Å²) >= 11 is 0. The Morgan fingerprint density at radius 3 is 2.44 bits per heavy atom. The summed E-state index contributed by atoms with van der Waals surface area (Å²) in [5, 5.41) is 15.2. The van der Waals surface area contributed by atoms with E-state index in [0.29, 0.717) is 25.1 Å². The summed E-state index contributed by atoms with van der Waals surface area (Å²) in [5.74, 6) is -0.238. The molecule has 3 heterocycles. The number of hydrogen-bond donors (Lipinski definition) is 0. The first-order valence-electron chi connectivity index (χ1n) is 10.7. The maximum absolute atomic E-state index is 12.9. The minimum absolute atomic E-state index is 0.0852. The van der Waals surface area contributed by atoms with Crippen molar-refractivity contribution in [3.8, 4) is 11.8 Å². The molecule has 1 fully saturated rings. The van der Waals surface area contributed by atoms with Crippen molar-refractivity contribution in [3.63, 3.8) is 0 Å². The lowest BCUT2D eigenvalue weighted by molar-refractivity contribution is -0.385. The van der Waals surface area contributed by atoms with Gasteiger partial charge in [0.05, 0.1) is 4.92 Å². The van der Waals surface area contributed by atoms with Crippen LogP contribution in [-0.4, -0.2) is 37.8 Å². The molecule has 1 saturated heterocycles. The number of rotatable bonds is 6. The number of benzene rings is 1. The fraction of sp³-hybridized carbons (Fsp3) is 0.409. The van der Waals surface area contributed by atoms with Crippen LogP contribution < -0.4 is 9.64 Å². The summed E-state index contributed by atoms with van der Waals surface area (Å²) in [6, 6.07) is 9.06. The Balaban J connectivity index is 1.51. The van der Waals surface area contributed by atoms with Gasteiger partial charge in [-0.2, -0.15) is 23.3 Å². The highest BCUT2D eigenvalue weighted by Gasteiger charge is 2.36. The van der Waals surface area contributed by atoms with Crippen LogP contribution in [0.2, 0.25) is 0 Å². The van der Waals surface area contributed by atoms with Crippen LogP contribution in [0.5, 0.6) is 11.8 Å². The number of piperidine rings is 1. The van der Waals surface area contributed by atoms with Gasteiger partial charge >= 0.3 is 17.7 Å². The van der Waals surface area contributed by atoms with E-state index in [0.717, 1.165) is 30.3 Å². The number of alkyl halides is 3. The number of aryl methyl sites for hydroxylation is 2. The predicted octanol–water partition coefficient (Wildman–Crippen LogP) is 4.70. The third-order valence-corrected chi connectivity index (χ3v) is 5.84. The van der Waals surface area contributed by atoms with Gasteiger partial charge in [0.15, 0.2) is 5.69 Å². The molecular weight excluding hydrogens is 453 g/mol. The van der Waals surface area contributed by atoms with Crippen LogP contribution in [0.4, 0.5) is 24.7 Å². The zero-order valence-corrected chi connectivity index (χ0v) is 18.6. The molecule has 2 aromatic heterocycles. The van der Waals surface area contributed by atoms with Crippen LogP contribution in [0.25, 0.3) is 0 Å². The van der Waals surface area contributed by atoms with Crippen molar-refractivity contribution in [3.05, 3.63) is 63.6 Å². The molecule has 0 aliphatic carbocycles. The van der Waals surface area contributed by atoms with E-state index in [2.05, 4.69) is 39.3 Å². The molecule has 12 heteroatoms. The van der Waals surface area contributed by atoms with Crippen molar-refractivity contribution in [1.82, 2.24) is 19.7 Å². The molecule has 0 radical (unpaired) electrons. The molecule has 0 saturated carbocycles. The highest BCUT2D eigenvalue weighted by Crippen LogP contribution is 2.39. The summed E-state index contributed by atoms with van der Waals surface area (Å²) in [4.78, 5) is 20.9. The maximum Gasteiger partial charge on any atom is 0.435 e. The van der Waals surface area contributed by atoms with Crippen LogP contribution in [-0.2, 0) is 19.6 Å². The van der Waals surface area contributed by atoms with E-state index in [1.807, 2.05) is 6.92 Å². The molecule has 3 aromatic rings. The average Bonchev–Trinajstić information content (AvgIpc) is 3.16.